The Hall–Kier alpha value is -1.74. The lowest BCUT2D eigenvalue weighted by molar-refractivity contribution is 0.598. The van der Waals surface area contributed by atoms with E-state index in [2.05, 4.69) is 10.1 Å². The third-order valence-electron chi connectivity index (χ3n) is 3.19. The van der Waals surface area contributed by atoms with Gasteiger partial charge >= 0.3 is 0 Å². The van der Waals surface area contributed by atoms with E-state index in [1.807, 2.05) is 0 Å². The molecule has 120 valence electrons. The van der Waals surface area contributed by atoms with Crippen LogP contribution in [0.5, 0.6) is 0 Å². The maximum Gasteiger partial charge on any atom is 0.217 e. The summed E-state index contributed by atoms with van der Waals surface area (Å²) in [5, 5.41) is 5.00. The number of hydrogen-bond acceptors (Lipinski definition) is 6. The van der Waals surface area contributed by atoms with E-state index in [4.69, 9.17) is 17.3 Å². The highest BCUT2D eigenvalue weighted by molar-refractivity contribution is 7.93. The van der Waals surface area contributed by atoms with Gasteiger partial charge in [0.05, 0.1) is 17.3 Å². The molecule has 2 heterocycles. The van der Waals surface area contributed by atoms with Gasteiger partial charge in [-0.25, -0.2) is 13.4 Å². The van der Waals surface area contributed by atoms with Crippen LogP contribution in [0.25, 0.3) is 11.1 Å². The number of benzene rings is 1. The fraction of sp³-hybridized carbons (Fsp3) is 0.143. The van der Waals surface area contributed by atoms with E-state index in [1.54, 1.807) is 36.3 Å². The molecule has 23 heavy (non-hydrogen) atoms. The fourth-order valence-corrected chi connectivity index (χ4v) is 4.91. The van der Waals surface area contributed by atoms with Crippen LogP contribution in [-0.2, 0) is 23.4 Å². The molecule has 0 aliphatic heterocycles. The molecule has 0 amide bonds. The van der Waals surface area contributed by atoms with Crippen molar-refractivity contribution in [2.45, 2.75) is 15.6 Å². The summed E-state index contributed by atoms with van der Waals surface area (Å²) < 4.78 is 27.3. The van der Waals surface area contributed by atoms with Crippen molar-refractivity contribution in [2.24, 2.45) is 12.8 Å². The average Bonchev–Trinajstić information content (AvgIpc) is 3.15. The van der Waals surface area contributed by atoms with Gasteiger partial charge in [-0.05, 0) is 23.8 Å². The molecule has 0 aliphatic rings. The first kappa shape index (κ1) is 16.1. The summed E-state index contributed by atoms with van der Waals surface area (Å²) in [6.45, 7) is 0.205. The van der Waals surface area contributed by atoms with Crippen molar-refractivity contribution < 1.29 is 8.42 Å². The molecule has 0 saturated carbocycles. The standard InChI is InChI=1S/C14H13ClN4O2S2/c1-19-8-10(6-18-19)9-2-11(15)4-12(3-9)23(20,21)14-7-17-13(5-16)22-14/h2-4,6-8H,5,16H2,1H3. The van der Waals surface area contributed by atoms with Gasteiger partial charge in [-0.2, -0.15) is 5.10 Å². The van der Waals surface area contributed by atoms with Crippen LogP contribution in [0.1, 0.15) is 5.01 Å². The number of aryl methyl sites for hydroxylation is 1. The van der Waals surface area contributed by atoms with Crippen LogP contribution in [0.15, 0.2) is 45.9 Å². The zero-order valence-corrected chi connectivity index (χ0v) is 14.5. The quantitative estimate of drug-likeness (QED) is 0.763. The zero-order chi connectivity index (χ0) is 16.6. The fourth-order valence-electron chi connectivity index (χ4n) is 2.08. The highest BCUT2D eigenvalue weighted by Gasteiger charge is 2.22. The van der Waals surface area contributed by atoms with Gasteiger partial charge in [0.25, 0.3) is 0 Å². The van der Waals surface area contributed by atoms with Crippen molar-refractivity contribution in [3.63, 3.8) is 0 Å². The average molecular weight is 369 g/mol. The second-order valence-electron chi connectivity index (χ2n) is 4.86. The number of aromatic nitrogens is 3. The van der Waals surface area contributed by atoms with E-state index in [-0.39, 0.29) is 15.6 Å². The summed E-state index contributed by atoms with van der Waals surface area (Å²) in [5.74, 6) is 0. The maximum absolute atomic E-state index is 12.8. The predicted octanol–water partition coefficient (Wildman–Crippen LogP) is 2.49. The first-order valence-electron chi connectivity index (χ1n) is 6.59. The normalized spacial score (nSPS) is 11.8. The number of thiazole rings is 1. The van der Waals surface area contributed by atoms with Crippen LogP contribution in [-0.4, -0.2) is 23.2 Å². The van der Waals surface area contributed by atoms with Gasteiger partial charge in [0, 0.05) is 30.4 Å². The van der Waals surface area contributed by atoms with Gasteiger partial charge < -0.3 is 5.73 Å². The lowest BCUT2D eigenvalue weighted by Gasteiger charge is -2.05. The molecule has 0 bridgehead atoms. The Morgan fingerprint density at radius 2 is 2.04 bits per heavy atom. The lowest BCUT2D eigenvalue weighted by atomic mass is 10.1. The molecule has 2 aromatic heterocycles. The Kier molecular flexibility index (Phi) is 4.24. The molecule has 0 unspecified atom stereocenters. The minimum absolute atomic E-state index is 0.121. The SMILES string of the molecule is Cn1cc(-c2cc(Cl)cc(S(=O)(=O)c3cnc(CN)s3)c2)cn1. The summed E-state index contributed by atoms with van der Waals surface area (Å²) in [7, 11) is -1.90. The van der Waals surface area contributed by atoms with Crippen LogP contribution in [0.4, 0.5) is 0 Å². The number of rotatable bonds is 4. The molecule has 0 saturated heterocycles. The van der Waals surface area contributed by atoms with Crippen LogP contribution >= 0.6 is 22.9 Å². The summed E-state index contributed by atoms with van der Waals surface area (Å²) in [6, 6.07) is 4.72. The molecule has 3 aromatic rings. The third kappa shape index (κ3) is 3.16. The topological polar surface area (TPSA) is 90.9 Å². The first-order valence-corrected chi connectivity index (χ1v) is 9.27. The van der Waals surface area contributed by atoms with Crippen LogP contribution in [0, 0.1) is 0 Å². The van der Waals surface area contributed by atoms with Crippen LogP contribution in [0.2, 0.25) is 5.02 Å². The smallest absolute Gasteiger partial charge is 0.217 e. The number of hydrogen-bond donors (Lipinski definition) is 1. The highest BCUT2D eigenvalue weighted by atomic mass is 35.5. The Balaban J connectivity index is 2.10. The lowest BCUT2D eigenvalue weighted by Crippen LogP contribution is -2.00. The van der Waals surface area contributed by atoms with E-state index in [9.17, 15) is 8.42 Å². The number of sulfone groups is 1. The van der Waals surface area contributed by atoms with Crippen LogP contribution < -0.4 is 5.73 Å². The van der Waals surface area contributed by atoms with E-state index < -0.39 is 9.84 Å². The van der Waals surface area contributed by atoms with Gasteiger partial charge in [0.1, 0.15) is 9.22 Å². The monoisotopic (exact) mass is 368 g/mol. The molecular weight excluding hydrogens is 356 g/mol. The van der Waals surface area contributed by atoms with Gasteiger partial charge in [-0.1, -0.05) is 11.6 Å². The van der Waals surface area contributed by atoms with Crippen molar-refractivity contribution in [3.8, 4) is 11.1 Å². The maximum atomic E-state index is 12.8. The Morgan fingerprint density at radius 3 is 2.65 bits per heavy atom. The Morgan fingerprint density at radius 1 is 1.26 bits per heavy atom. The van der Waals surface area contributed by atoms with Crippen molar-refractivity contribution >= 4 is 32.8 Å². The van der Waals surface area contributed by atoms with Crippen molar-refractivity contribution in [3.05, 3.63) is 46.8 Å². The van der Waals surface area contributed by atoms with Gasteiger partial charge in [-0.15, -0.1) is 11.3 Å². The van der Waals surface area contributed by atoms with Gasteiger partial charge in [0.15, 0.2) is 0 Å². The molecule has 0 aliphatic carbocycles. The van der Waals surface area contributed by atoms with Crippen molar-refractivity contribution in [1.29, 1.82) is 0 Å². The number of nitrogens with two attached hydrogens (primary N) is 1. The molecule has 1 aromatic carbocycles. The van der Waals surface area contributed by atoms with E-state index in [0.717, 1.165) is 16.9 Å². The van der Waals surface area contributed by atoms with Crippen molar-refractivity contribution in [2.75, 3.05) is 0 Å². The Labute approximate surface area is 142 Å². The van der Waals surface area contributed by atoms with E-state index in [0.29, 0.717) is 15.6 Å². The second kappa shape index (κ2) is 6.04. The largest absolute Gasteiger partial charge is 0.325 e. The predicted molar refractivity (Wildman–Crippen MR) is 89.1 cm³/mol. The summed E-state index contributed by atoms with van der Waals surface area (Å²) in [5.41, 5.74) is 6.97. The van der Waals surface area contributed by atoms with Gasteiger partial charge in [-0.3, -0.25) is 4.68 Å². The first-order chi connectivity index (χ1) is 10.9. The Bertz CT molecular complexity index is 963. The number of halogens is 1. The van der Waals surface area contributed by atoms with Crippen LogP contribution in [0.3, 0.4) is 0 Å². The molecular formula is C14H13ClN4O2S2. The minimum Gasteiger partial charge on any atom is -0.325 e. The molecule has 0 fully saturated rings. The van der Waals surface area contributed by atoms with E-state index in [1.165, 1.54) is 12.3 Å². The summed E-state index contributed by atoms with van der Waals surface area (Å²) in [4.78, 5) is 4.12. The van der Waals surface area contributed by atoms with E-state index >= 15 is 0 Å². The second-order valence-corrected chi connectivity index (χ2v) is 8.59. The van der Waals surface area contributed by atoms with Gasteiger partial charge in [0.2, 0.25) is 9.84 Å². The van der Waals surface area contributed by atoms with Crippen molar-refractivity contribution in [1.82, 2.24) is 14.8 Å². The summed E-state index contributed by atoms with van der Waals surface area (Å²) >= 11 is 7.17. The minimum atomic E-state index is -3.69. The number of nitrogens with zero attached hydrogens (tertiary/aromatic N) is 3. The highest BCUT2D eigenvalue weighted by Crippen LogP contribution is 2.31. The summed E-state index contributed by atoms with van der Waals surface area (Å²) in [6.07, 6.45) is 4.77. The molecule has 9 heteroatoms. The molecule has 0 atom stereocenters. The molecule has 0 spiro atoms. The molecule has 0 radical (unpaired) electrons. The molecule has 2 N–H and O–H groups in total. The third-order valence-corrected chi connectivity index (χ3v) is 6.62. The molecule has 3 rings (SSSR count). The molecule has 6 nitrogen and oxygen atoms in total. The zero-order valence-electron chi connectivity index (χ0n) is 12.1.